The molecule has 1 aliphatic heterocycles. The fourth-order valence-corrected chi connectivity index (χ4v) is 4.23. The fraction of sp³-hybridized carbons (Fsp3) is 0.269. The number of likely N-dealkylation sites (tertiary alicyclic amines) is 1. The van der Waals surface area contributed by atoms with Crippen LogP contribution in [0.1, 0.15) is 29.5 Å². The topological polar surface area (TPSA) is 12.5 Å². The number of piperidine rings is 1. The Kier molecular flexibility index (Phi) is 6.75. The zero-order valence-corrected chi connectivity index (χ0v) is 17.8. The molecular formula is C26H26FNOS. The smallest absolute Gasteiger partial charge is 0.123 e. The molecule has 1 fully saturated rings. The van der Waals surface area contributed by atoms with E-state index in [1.165, 1.54) is 30.5 Å². The molecule has 4 rings (SSSR count). The lowest BCUT2D eigenvalue weighted by Gasteiger charge is -2.34. The van der Waals surface area contributed by atoms with Gasteiger partial charge in [0.15, 0.2) is 0 Å². The number of thiocarbonyl (C=S) groups is 1. The average molecular weight is 420 g/mol. The lowest BCUT2D eigenvalue weighted by molar-refractivity contribution is 0.268. The van der Waals surface area contributed by atoms with E-state index in [2.05, 4.69) is 35.2 Å². The van der Waals surface area contributed by atoms with Crippen molar-refractivity contribution >= 4 is 17.2 Å². The molecule has 30 heavy (non-hydrogen) atoms. The Morgan fingerprint density at radius 1 is 0.867 bits per heavy atom. The summed E-state index contributed by atoms with van der Waals surface area (Å²) in [5.74, 6) is 1.28. The van der Waals surface area contributed by atoms with Gasteiger partial charge in [0.25, 0.3) is 0 Å². The molecule has 0 aliphatic carbocycles. The highest BCUT2D eigenvalue weighted by molar-refractivity contribution is 7.80. The molecule has 0 unspecified atom stereocenters. The molecule has 0 spiro atoms. The highest BCUT2D eigenvalue weighted by Gasteiger charge is 2.21. The van der Waals surface area contributed by atoms with Crippen LogP contribution in [-0.4, -0.2) is 23.0 Å². The van der Waals surface area contributed by atoms with Gasteiger partial charge in [0, 0.05) is 18.7 Å². The van der Waals surface area contributed by atoms with Gasteiger partial charge < -0.3 is 9.64 Å². The maximum atomic E-state index is 13.0. The monoisotopic (exact) mass is 419 g/mol. The molecule has 0 saturated carbocycles. The number of ether oxygens (including phenoxy) is 1. The van der Waals surface area contributed by atoms with Crippen molar-refractivity contribution in [1.82, 2.24) is 4.90 Å². The summed E-state index contributed by atoms with van der Waals surface area (Å²) >= 11 is 5.76. The molecule has 2 nitrogen and oxygen atoms in total. The normalized spacial score (nSPS) is 14.5. The van der Waals surface area contributed by atoms with Gasteiger partial charge in [-0.1, -0.05) is 54.7 Å². The van der Waals surface area contributed by atoms with Crippen molar-refractivity contribution < 1.29 is 9.13 Å². The summed E-state index contributed by atoms with van der Waals surface area (Å²) in [5.41, 5.74) is 3.42. The summed E-state index contributed by atoms with van der Waals surface area (Å²) in [4.78, 5) is 3.24. The zero-order chi connectivity index (χ0) is 20.8. The first-order valence-corrected chi connectivity index (χ1v) is 10.9. The molecule has 0 amide bonds. The molecular weight excluding hydrogens is 393 g/mol. The molecule has 0 atom stereocenters. The molecule has 0 aromatic heterocycles. The van der Waals surface area contributed by atoms with Crippen LogP contribution in [0.25, 0.3) is 0 Å². The Balaban J connectivity index is 1.27. The summed E-state index contributed by atoms with van der Waals surface area (Å²) < 4.78 is 18.8. The Hall–Kier alpha value is -2.72. The Bertz CT molecular complexity index is 949. The Morgan fingerprint density at radius 3 is 2.20 bits per heavy atom. The molecule has 0 N–H and O–H groups in total. The fourth-order valence-electron chi connectivity index (χ4n) is 3.91. The minimum atomic E-state index is -0.235. The van der Waals surface area contributed by atoms with Crippen LogP contribution in [0.5, 0.6) is 5.75 Å². The van der Waals surface area contributed by atoms with Crippen molar-refractivity contribution in [3.05, 3.63) is 101 Å². The van der Waals surface area contributed by atoms with Gasteiger partial charge in [0.05, 0.1) is 0 Å². The van der Waals surface area contributed by atoms with Gasteiger partial charge in [-0.05, 0) is 72.7 Å². The second kappa shape index (κ2) is 9.86. The van der Waals surface area contributed by atoms with Crippen LogP contribution in [0.15, 0.2) is 78.9 Å². The minimum Gasteiger partial charge on any atom is -0.489 e. The van der Waals surface area contributed by atoms with E-state index in [0.29, 0.717) is 6.61 Å². The van der Waals surface area contributed by atoms with E-state index in [4.69, 9.17) is 17.0 Å². The van der Waals surface area contributed by atoms with Crippen LogP contribution >= 0.6 is 12.2 Å². The summed E-state index contributed by atoms with van der Waals surface area (Å²) in [5, 5.41) is 0. The Labute approximate surface area is 183 Å². The first-order valence-electron chi connectivity index (χ1n) is 10.5. The van der Waals surface area contributed by atoms with Crippen molar-refractivity contribution in [3.63, 3.8) is 0 Å². The zero-order valence-electron chi connectivity index (χ0n) is 17.0. The first-order chi connectivity index (χ1) is 14.7. The second-order valence-electron chi connectivity index (χ2n) is 7.86. The van der Waals surface area contributed by atoms with Crippen molar-refractivity contribution in [2.24, 2.45) is 5.92 Å². The van der Waals surface area contributed by atoms with E-state index in [-0.39, 0.29) is 5.82 Å². The van der Waals surface area contributed by atoms with Gasteiger partial charge in [0.1, 0.15) is 23.2 Å². The molecule has 1 saturated heterocycles. The van der Waals surface area contributed by atoms with E-state index >= 15 is 0 Å². The number of nitrogens with zero attached hydrogens (tertiary/aromatic N) is 1. The molecule has 4 heteroatoms. The summed E-state index contributed by atoms with van der Waals surface area (Å²) in [7, 11) is 0. The predicted octanol–water partition coefficient (Wildman–Crippen LogP) is 6.03. The molecule has 0 radical (unpaired) electrons. The van der Waals surface area contributed by atoms with Gasteiger partial charge >= 0.3 is 0 Å². The van der Waals surface area contributed by atoms with E-state index in [0.717, 1.165) is 47.3 Å². The average Bonchev–Trinajstić information content (AvgIpc) is 2.80. The van der Waals surface area contributed by atoms with Crippen molar-refractivity contribution in [1.29, 1.82) is 0 Å². The maximum absolute atomic E-state index is 13.0. The highest BCUT2D eigenvalue weighted by Crippen LogP contribution is 2.24. The van der Waals surface area contributed by atoms with Crippen LogP contribution < -0.4 is 4.74 Å². The third kappa shape index (κ3) is 5.45. The number of hydrogen-bond donors (Lipinski definition) is 0. The number of rotatable bonds is 6. The summed E-state index contributed by atoms with van der Waals surface area (Å²) in [6, 6.07) is 25.1. The quantitative estimate of drug-likeness (QED) is 0.452. The summed E-state index contributed by atoms with van der Waals surface area (Å²) in [6.45, 7) is 2.44. The predicted molar refractivity (Wildman–Crippen MR) is 123 cm³/mol. The van der Waals surface area contributed by atoms with E-state index in [1.807, 2.05) is 24.3 Å². The third-order valence-corrected chi connectivity index (χ3v) is 6.18. The van der Waals surface area contributed by atoms with E-state index in [1.54, 1.807) is 12.1 Å². The largest absolute Gasteiger partial charge is 0.489 e. The third-order valence-electron chi connectivity index (χ3n) is 5.69. The lowest BCUT2D eigenvalue weighted by atomic mass is 9.90. The van der Waals surface area contributed by atoms with Gasteiger partial charge in [0.2, 0.25) is 0 Å². The molecule has 1 heterocycles. The number of benzene rings is 3. The Morgan fingerprint density at radius 2 is 1.53 bits per heavy atom. The minimum absolute atomic E-state index is 0.235. The lowest BCUT2D eigenvalue weighted by Crippen LogP contribution is -2.38. The molecule has 3 aromatic carbocycles. The molecule has 1 aliphatic rings. The van der Waals surface area contributed by atoms with Crippen LogP contribution in [0, 0.1) is 11.7 Å². The van der Waals surface area contributed by atoms with Gasteiger partial charge in [-0.2, -0.15) is 0 Å². The molecule has 3 aromatic rings. The van der Waals surface area contributed by atoms with Gasteiger partial charge in [-0.15, -0.1) is 0 Å². The van der Waals surface area contributed by atoms with Crippen LogP contribution in [-0.2, 0) is 13.0 Å². The molecule has 154 valence electrons. The van der Waals surface area contributed by atoms with Crippen molar-refractivity contribution in [2.45, 2.75) is 25.9 Å². The van der Waals surface area contributed by atoms with Crippen LogP contribution in [0.3, 0.4) is 0 Å². The van der Waals surface area contributed by atoms with Crippen molar-refractivity contribution in [3.8, 4) is 5.75 Å². The van der Waals surface area contributed by atoms with Gasteiger partial charge in [-0.25, -0.2) is 4.39 Å². The van der Waals surface area contributed by atoms with Crippen LogP contribution in [0.2, 0.25) is 0 Å². The maximum Gasteiger partial charge on any atom is 0.123 e. The highest BCUT2D eigenvalue weighted by atomic mass is 32.1. The molecule has 0 bridgehead atoms. The van der Waals surface area contributed by atoms with E-state index < -0.39 is 0 Å². The van der Waals surface area contributed by atoms with E-state index in [9.17, 15) is 4.39 Å². The summed E-state index contributed by atoms with van der Waals surface area (Å²) in [6.07, 6.45) is 3.50. The number of halogens is 1. The SMILES string of the molecule is Fc1ccc(COc2ccc(C(=S)N3CCC(Cc4ccccc4)CC3)cc2)cc1. The second-order valence-corrected chi connectivity index (χ2v) is 8.25. The number of hydrogen-bond acceptors (Lipinski definition) is 2. The first kappa shape index (κ1) is 20.5. The van der Waals surface area contributed by atoms with Crippen LogP contribution in [0.4, 0.5) is 4.39 Å². The van der Waals surface area contributed by atoms with Gasteiger partial charge in [-0.3, -0.25) is 0 Å². The standard InChI is InChI=1S/C26H26FNOS/c27-24-10-6-22(7-11-24)19-29-25-12-8-23(9-13-25)26(30)28-16-14-21(15-17-28)18-20-4-2-1-3-5-20/h1-13,21H,14-19H2. The van der Waals surface area contributed by atoms with Crippen molar-refractivity contribution in [2.75, 3.05) is 13.1 Å².